The van der Waals surface area contributed by atoms with E-state index < -0.39 is 4.92 Å². The lowest BCUT2D eigenvalue weighted by Gasteiger charge is -2.07. The van der Waals surface area contributed by atoms with Gasteiger partial charge in [0.25, 0.3) is 5.69 Å². The van der Waals surface area contributed by atoms with Gasteiger partial charge in [-0.05, 0) is 13.8 Å². The number of nitrogens with zero attached hydrogens (tertiary/aromatic N) is 4. The number of pyridine rings is 1. The smallest absolute Gasteiger partial charge is 0.276 e. The van der Waals surface area contributed by atoms with Gasteiger partial charge in [0.2, 0.25) is 0 Å². The van der Waals surface area contributed by atoms with Gasteiger partial charge < -0.3 is 5.32 Å². The number of anilines is 1. The second kappa shape index (κ2) is 4.44. The van der Waals surface area contributed by atoms with Crippen molar-refractivity contribution in [1.82, 2.24) is 14.5 Å². The van der Waals surface area contributed by atoms with Gasteiger partial charge in [-0.1, -0.05) is 0 Å². The van der Waals surface area contributed by atoms with Crippen LogP contribution in [0.1, 0.15) is 11.4 Å². The molecule has 0 saturated carbocycles. The van der Waals surface area contributed by atoms with E-state index in [4.69, 9.17) is 0 Å². The Labute approximate surface area is 104 Å². The highest BCUT2D eigenvalue weighted by Crippen LogP contribution is 2.21. The summed E-state index contributed by atoms with van der Waals surface area (Å²) in [7, 11) is 1.67. The Hall–Kier alpha value is -2.44. The van der Waals surface area contributed by atoms with Crippen LogP contribution in [0.15, 0.2) is 18.5 Å². The first-order chi connectivity index (χ1) is 8.52. The molecule has 0 amide bonds. The van der Waals surface area contributed by atoms with Gasteiger partial charge in [-0.3, -0.25) is 14.7 Å². The van der Waals surface area contributed by atoms with Crippen LogP contribution in [0.25, 0.3) is 5.82 Å². The van der Waals surface area contributed by atoms with Crippen LogP contribution in [0.3, 0.4) is 0 Å². The Morgan fingerprint density at radius 1 is 1.39 bits per heavy atom. The Kier molecular flexibility index (Phi) is 2.97. The normalized spacial score (nSPS) is 10.4. The number of nitro groups is 1. The van der Waals surface area contributed by atoms with Gasteiger partial charge in [-0.15, -0.1) is 0 Å². The first-order valence-electron chi connectivity index (χ1n) is 5.38. The lowest BCUT2D eigenvalue weighted by Crippen LogP contribution is -2.03. The number of aromatic nitrogens is 3. The summed E-state index contributed by atoms with van der Waals surface area (Å²) in [5, 5.41) is 13.7. The maximum atomic E-state index is 10.9. The average Bonchev–Trinajstić information content (AvgIpc) is 2.69. The van der Waals surface area contributed by atoms with E-state index in [1.54, 1.807) is 17.9 Å². The molecule has 0 aliphatic rings. The molecule has 2 rings (SSSR count). The van der Waals surface area contributed by atoms with E-state index in [9.17, 15) is 10.1 Å². The minimum Gasteiger partial charge on any atom is -0.373 e. The highest BCUT2D eigenvalue weighted by atomic mass is 16.6. The Morgan fingerprint density at radius 2 is 2.11 bits per heavy atom. The fraction of sp³-hybridized carbons (Fsp3) is 0.273. The van der Waals surface area contributed by atoms with Crippen LogP contribution in [0.5, 0.6) is 0 Å². The van der Waals surface area contributed by atoms with Crippen molar-refractivity contribution in [2.45, 2.75) is 13.8 Å². The van der Waals surface area contributed by atoms with E-state index in [0.29, 0.717) is 11.6 Å². The van der Waals surface area contributed by atoms with Crippen molar-refractivity contribution in [1.29, 1.82) is 0 Å². The van der Waals surface area contributed by atoms with E-state index in [1.165, 1.54) is 12.1 Å². The quantitative estimate of drug-likeness (QED) is 0.660. The van der Waals surface area contributed by atoms with Crippen molar-refractivity contribution in [3.63, 3.8) is 0 Å². The molecule has 94 valence electrons. The van der Waals surface area contributed by atoms with Crippen molar-refractivity contribution in [3.05, 3.63) is 40.0 Å². The highest BCUT2D eigenvalue weighted by molar-refractivity contribution is 5.50. The molecule has 18 heavy (non-hydrogen) atoms. The van der Waals surface area contributed by atoms with Crippen LogP contribution >= 0.6 is 0 Å². The van der Waals surface area contributed by atoms with Crippen molar-refractivity contribution in [2.24, 2.45) is 0 Å². The third kappa shape index (κ3) is 2.02. The maximum Gasteiger partial charge on any atom is 0.276 e. The molecular weight excluding hydrogens is 234 g/mol. The Morgan fingerprint density at radius 3 is 2.61 bits per heavy atom. The lowest BCUT2D eigenvalue weighted by atomic mass is 10.3. The van der Waals surface area contributed by atoms with E-state index in [0.717, 1.165) is 11.4 Å². The van der Waals surface area contributed by atoms with Crippen molar-refractivity contribution in [2.75, 3.05) is 12.4 Å². The number of hydrogen-bond acceptors (Lipinski definition) is 5. The van der Waals surface area contributed by atoms with Gasteiger partial charge in [0.1, 0.15) is 18.0 Å². The van der Waals surface area contributed by atoms with Gasteiger partial charge in [-0.25, -0.2) is 9.97 Å². The summed E-state index contributed by atoms with van der Waals surface area (Å²) in [4.78, 5) is 18.9. The van der Waals surface area contributed by atoms with Crippen molar-refractivity contribution < 1.29 is 4.92 Å². The van der Waals surface area contributed by atoms with Gasteiger partial charge in [0.05, 0.1) is 22.7 Å². The molecule has 1 N–H and O–H groups in total. The van der Waals surface area contributed by atoms with Crippen LogP contribution in [0.4, 0.5) is 11.5 Å². The Bertz CT molecular complexity index is 605. The molecular formula is C11H13N5O2. The molecule has 7 nitrogen and oxygen atoms in total. The van der Waals surface area contributed by atoms with Gasteiger partial charge in [0.15, 0.2) is 0 Å². The molecule has 0 aromatic carbocycles. The molecule has 0 fully saturated rings. The molecule has 2 aromatic rings. The predicted octanol–water partition coefficient (Wildman–Crippen LogP) is 1.83. The Balaban J connectivity index is 2.60. The number of nitrogens with one attached hydrogen (secondary N) is 1. The molecule has 2 aromatic heterocycles. The van der Waals surface area contributed by atoms with Gasteiger partial charge in [0, 0.05) is 12.7 Å². The third-order valence-electron chi connectivity index (χ3n) is 2.76. The standard InChI is InChI=1S/C11H13N5O2/c1-7-8(2)15(6-13-7)11-5-9(16(17)18)4-10(12-3)14-11/h4-6H,1-3H3,(H,12,14). The zero-order valence-corrected chi connectivity index (χ0v) is 10.3. The molecule has 0 aliphatic carbocycles. The second-order valence-corrected chi connectivity index (χ2v) is 3.86. The molecule has 0 saturated heterocycles. The molecule has 0 spiro atoms. The first-order valence-corrected chi connectivity index (χ1v) is 5.38. The molecule has 0 radical (unpaired) electrons. The van der Waals surface area contributed by atoms with E-state index in [1.807, 2.05) is 13.8 Å². The van der Waals surface area contributed by atoms with E-state index in [-0.39, 0.29) is 5.69 Å². The summed E-state index contributed by atoms with van der Waals surface area (Å²) in [5.74, 6) is 0.927. The number of aryl methyl sites for hydroxylation is 1. The van der Waals surface area contributed by atoms with Crippen LogP contribution in [0, 0.1) is 24.0 Å². The molecule has 0 atom stereocenters. The number of rotatable bonds is 3. The minimum absolute atomic E-state index is 0.00453. The fourth-order valence-corrected chi connectivity index (χ4v) is 1.59. The summed E-state index contributed by atoms with van der Waals surface area (Å²) in [6, 6.07) is 2.82. The predicted molar refractivity (Wildman–Crippen MR) is 67.0 cm³/mol. The summed E-state index contributed by atoms with van der Waals surface area (Å²) >= 11 is 0. The topological polar surface area (TPSA) is 85.9 Å². The van der Waals surface area contributed by atoms with Crippen LogP contribution in [-0.4, -0.2) is 26.5 Å². The van der Waals surface area contributed by atoms with Crippen LogP contribution in [-0.2, 0) is 0 Å². The minimum atomic E-state index is -0.439. The molecule has 0 unspecified atom stereocenters. The fourth-order valence-electron chi connectivity index (χ4n) is 1.59. The summed E-state index contributed by atoms with van der Waals surface area (Å²) in [5.41, 5.74) is 1.77. The van der Waals surface area contributed by atoms with Crippen LogP contribution < -0.4 is 5.32 Å². The summed E-state index contributed by atoms with van der Waals surface area (Å²) in [6.07, 6.45) is 1.61. The highest BCUT2D eigenvalue weighted by Gasteiger charge is 2.13. The number of imidazole rings is 1. The molecule has 0 bridgehead atoms. The largest absolute Gasteiger partial charge is 0.373 e. The SMILES string of the molecule is CNc1cc([N+](=O)[O-])cc(-n2cnc(C)c2C)n1. The van der Waals surface area contributed by atoms with E-state index >= 15 is 0 Å². The monoisotopic (exact) mass is 247 g/mol. The zero-order chi connectivity index (χ0) is 13.3. The van der Waals surface area contributed by atoms with Crippen molar-refractivity contribution >= 4 is 11.5 Å². The van der Waals surface area contributed by atoms with Crippen LogP contribution in [0.2, 0.25) is 0 Å². The second-order valence-electron chi connectivity index (χ2n) is 3.86. The molecule has 0 aliphatic heterocycles. The summed E-state index contributed by atoms with van der Waals surface area (Å²) in [6.45, 7) is 3.77. The van der Waals surface area contributed by atoms with Crippen molar-refractivity contribution in [3.8, 4) is 5.82 Å². The molecule has 7 heteroatoms. The van der Waals surface area contributed by atoms with Gasteiger partial charge in [-0.2, -0.15) is 0 Å². The zero-order valence-electron chi connectivity index (χ0n) is 10.3. The summed E-state index contributed by atoms with van der Waals surface area (Å²) < 4.78 is 1.73. The average molecular weight is 247 g/mol. The maximum absolute atomic E-state index is 10.9. The first kappa shape index (κ1) is 12.0. The number of hydrogen-bond donors (Lipinski definition) is 1. The molecule has 2 heterocycles. The third-order valence-corrected chi connectivity index (χ3v) is 2.76. The lowest BCUT2D eigenvalue weighted by molar-refractivity contribution is -0.384. The van der Waals surface area contributed by atoms with E-state index in [2.05, 4.69) is 15.3 Å². The van der Waals surface area contributed by atoms with Gasteiger partial charge >= 0.3 is 0 Å².